The molecule has 152 valence electrons. The normalized spacial score (nSPS) is 14.3. The Morgan fingerprint density at radius 3 is 2.53 bits per heavy atom. The number of aromatic nitrogens is 3. The Kier molecular flexibility index (Phi) is 5.94. The molecule has 1 aliphatic carbocycles. The maximum atomic E-state index is 12.8. The standard InChI is InChI=1S/C25H25N3O2/c1-18-15-23(30-17-24-26-13-4-14-27-24)16-25(29)28(18)19(2)22-11-9-21(10-12-22)8-7-20-5-3-6-20/h4,9-16,19-20H,3,5-6,17H2,1-2H3/t19-/m1/s1. The third-order valence-electron chi connectivity index (χ3n) is 5.53. The van der Waals surface area contributed by atoms with Gasteiger partial charge >= 0.3 is 0 Å². The van der Waals surface area contributed by atoms with E-state index in [0.29, 0.717) is 17.5 Å². The first-order valence-corrected chi connectivity index (χ1v) is 10.3. The summed E-state index contributed by atoms with van der Waals surface area (Å²) < 4.78 is 7.50. The van der Waals surface area contributed by atoms with Gasteiger partial charge in [-0.3, -0.25) is 4.79 Å². The van der Waals surface area contributed by atoms with E-state index in [-0.39, 0.29) is 18.2 Å². The molecule has 1 saturated carbocycles. The van der Waals surface area contributed by atoms with Gasteiger partial charge in [-0.2, -0.15) is 0 Å². The summed E-state index contributed by atoms with van der Waals surface area (Å²) in [4.78, 5) is 21.1. The van der Waals surface area contributed by atoms with Crippen LogP contribution in [0.4, 0.5) is 0 Å². The zero-order valence-electron chi connectivity index (χ0n) is 17.3. The molecule has 0 amide bonds. The summed E-state index contributed by atoms with van der Waals surface area (Å²) in [5, 5.41) is 0. The van der Waals surface area contributed by atoms with Gasteiger partial charge in [0.1, 0.15) is 12.4 Å². The first kappa shape index (κ1) is 19.9. The lowest BCUT2D eigenvalue weighted by Crippen LogP contribution is -2.25. The number of pyridine rings is 1. The van der Waals surface area contributed by atoms with Crippen LogP contribution in [0, 0.1) is 24.7 Å². The topological polar surface area (TPSA) is 57.0 Å². The fourth-order valence-electron chi connectivity index (χ4n) is 3.55. The lowest BCUT2D eigenvalue weighted by Gasteiger charge is -2.20. The minimum atomic E-state index is -0.0969. The Labute approximate surface area is 176 Å². The van der Waals surface area contributed by atoms with Crippen molar-refractivity contribution in [1.82, 2.24) is 14.5 Å². The Morgan fingerprint density at radius 2 is 1.90 bits per heavy atom. The van der Waals surface area contributed by atoms with Crippen molar-refractivity contribution in [2.75, 3.05) is 0 Å². The predicted octanol–water partition coefficient (Wildman–Crippen LogP) is 4.29. The second kappa shape index (κ2) is 8.96. The predicted molar refractivity (Wildman–Crippen MR) is 116 cm³/mol. The van der Waals surface area contributed by atoms with Gasteiger partial charge in [-0.1, -0.05) is 30.4 Å². The zero-order chi connectivity index (χ0) is 20.9. The molecule has 0 unspecified atom stereocenters. The Morgan fingerprint density at radius 1 is 1.17 bits per heavy atom. The number of nitrogens with zero attached hydrogens (tertiary/aromatic N) is 3. The quantitative estimate of drug-likeness (QED) is 0.601. The van der Waals surface area contributed by atoms with Crippen molar-refractivity contribution in [1.29, 1.82) is 0 Å². The number of ether oxygens (including phenoxy) is 1. The van der Waals surface area contributed by atoms with Gasteiger partial charge in [0.2, 0.25) is 0 Å². The van der Waals surface area contributed by atoms with Crippen molar-refractivity contribution in [3.8, 4) is 17.6 Å². The summed E-state index contributed by atoms with van der Waals surface area (Å²) in [5.74, 6) is 8.27. The first-order chi connectivity index (χ1) is 14.6. The van der Waals surface area contributed by atoms with Gasteiger partial charge in [-0.25, -0.2) is 9.97 Å². The number of rotatable bonds is 5. The highest BCUT2D eigenvalue weighted by atomic mass is 16.5. The maximum Gasteiger partial charge on any atom is 0.254 e. The molecule has 0 radical (unpaired) electrons. The largest absolute Gasteiger partial charge is 0.485 e. The Balaban J connectivity index is 1.48. The van der Waals surface area contributed by atoms with E-state index in [1.165, 1.54) is 25.3 Å². The minimum Gasteiger partial charge on any atom is -0.485 e. The van der Waals surface area contributed by atoms with Crippen molar-refractivity contribution < 1.29 is 4.74 Å². The Bertz CT molecular complexity index is 1120. The van der Waals surface area contributed by atoms with Gasteiger partial charge in [-0.15, -0.1) is 0 Å². The van der Waals surface area contributed by atoms with E-state index in [1.807, 2.05) is 32.0 Å². The molecule has 0 bridgehead atoms. The molecule has 1 aromatic carbocycles. The molecule has 0 saturated heterocycles. The van der Waals surface area contributed by atoms with Crippen molar-refractivity contribution >= 4 is 0 Å². The maximum absolute atomic E-state index is 12.8. The van der Waals surface area contributed by atoms with Crippen LogP contribution in [0.1, 0.15) is 54.9 Å². The molecule has 3 aromatic rings. The highest BCUT2D eigenvalue weighted by Crippen LogP contribution is 2.25. The zero-order valence-corrected chi connectivity index (χ0v) is 17.3. The van der Waals surface area contributed by atoms with Crippen LogP contribution in [0.2, 0.25) is 0 Å². The van der Waals surface area contributed by atoms with Crippen molar-refractivity contribution in [3.63, 3.8) is 0 Å². The minimum absolute atomic E-state index is 0.0855. The van der Waals surface area contributed by atoms with Crippen molar-refractivity contribution in [3.05, 3.63) is 87.9 Å². The molecule has 5 nitrogen and oxygen atoms in total. The fourth-order valence-corrected chi connectivity index (χ4v) is 3.55. The number of aryl methyl sites for hydroxylation is 1. The van der Waals surface area contributed by atoms with Gasteiger partial charge in [-0.05, 0) is 56.5 Å². The molecule has 1 fully saturated rings. The summed E-state index contributed by atoms with van der Waals surface area (Å²) in [7, 11) is 0. The molecule has 2 heterocycles. The fraction of sp³-hybridized carbons (Fsp3) is 0.320. The molecule has 1 aliphatic rings. The average Bonchev–Trinajstić information content (AvgIpc) is 2.72. The third kappa shape index (κ3) is 4.60. The second-order valence-electron chi connectivity index (χ2n) is 7.69. The van der Waals surface area contributed by atoms with E-state index in [4.69, 9.17) is 4.74 Å². The molecule has 0 N–H and O–H groups in total. The van der Waals surface area contributed by atoms with Crippen LogP contribution >= 0.6 is 0 Å². The van der Waals surface area contributed by atoms with Gasteiger partial charge < -0.3 is 9.30 Å². The summed E-state index contributed by atoms with van der Waals surface area (Å²) in [6, 6.07) is 13.2. The van der Waals surface area contributed by atoms with Gasteiger partial charge in [0.25, 0.3) is 5.56 Å². The average molecular weight is 399 g/mol. The summed E-state index contributed by atoms with van der Waals surface area (Å²) >= 11 is 0. The van der Waals surface area contributed by atoms with Crippen LogP contribution < -0.4 is 10.3 Å². The highest BCUT2D eigenvalue weighted by Gasteiger charge is 2.15. The van der Waals surface area contributed by atoms with E-state index in [2.05, 4.69) is 33.9 Å². The SMILES string of the molecule is Cc1cc(OCc2ncccn2)cc(=O)n1[C@H](C)c1ccc(C#CC2CCC2)cc1. The summed E-state index contributed by atoms with van der Waals surface area (Å²) in [6.07, 6.45) is 7.08. The summed E-state index contributed by atoms with van der Waals surface area (Å²) in [6.45, 7) is 4.17. The Hall–Kier alpha value is -3.39. The van der Waals surface area contributed by atoms with E-state index in [0.717, 1.165) is 16.8 Å². The molecular formula is C25H25N3O2. The van der Waals surface area contributed by atoms with Crippen LogP contribution in [0.15, 0.2) is 59.7 Å². The van der Waals surface area contributed by atoms with Crippen LogP contribution in [0.3, 0.4) is 0 Å². The molecular weight excluding hydrogens is 374 g/mol. The monoisotopic (exact) mass is 399 g/mol. The van der Waals surface area contributed by atoms with Crippen LogP contribution in [0.5, 0.6) is 5.75 Å². The van der Waals surface area contributed by atoms with Gasteiger partial charge in [0.05, 0.1) is 6.04 Å². The van der Waals surface area contributed by atoms with Crippen molar-refractivity contribution in [2.24, 2.45) is 5.92 Å². The highest BCUT2D eigenvalue weighted by molar-refractivity contribution is 5.38. The lowest BCUT2D eigenvalue weighted by molar-refractivity contribution is 0.294. The molecule has 1 atom stereocenters. The number of benzene rings is 1. The van der Waals surface area contributed by atoms with Gasteiger partial charge in [0.15, 0.2) is 5.82 Å². The molecule has 0 spiro atoms. The number of hydrogen-bond acceptors (Lipinski definition) is 4. The molecule has 30 heavy (non-hydrogen) atoms. The first-order valence-electron chi connectivity index (χ1n) is 10.3. The van der Waals surface area contributed by atoms with E-state index >= 15 is 0 Å². The van der Waals surface area contributed by atoms with E-state index < -0.39 is 0 Å². The molecule has 5 heteroatoms. The van der Waals surface area contributed by atoms with E-state index in [1.54, 1.807) is 23.0 Å². The van der Waals surface area contributed by atoms with Crippen molar-refractivity contribution in [2.45, 2.75) is 45.8 Å². The van der Waals surface area contributed by atoms with Gasteiger partial charge in [0, 0.05) is 35.6 Å². The molecule has 0 aliphatic heterocycles. The lowest BCUT2D eigenvalue weighted by atomic mass is 9.86. The summed E-state index contributed by atoms with van der Waals surface area (Å²) in [5.41, 5.74) is 2.84. The van der Waals surface area contributed by atoms with Crippen LogP contribution in [-0.2, 0) is 6.61 Å². The van der Waals surface area contributed by atoms with E-state index in [9.17, 15) is 4.79 Å². The smallest absolute Gasteiger partial charge is 0.254 e. The molecule has 2 aromatic heterocycles. The molecule has 4 rings (SSSR count). The number of hydrogen-bond donors (Lipinski definition) is 0. The second-order valence-corrected chi connectivity index (χ2v) is 7.69. The van der Waals surface area contributed by atoms with Crippen LogP contribution in [0.25, 0.3) is 0 Å². The third-order valence-corrected chi connectivity index (χ3v) is 5.53. The van der Waals surface area contributed by atoms with Crippen LogP contribution in [-0.4, -0.2) is 14.5 Å².